The van der Waals surface area contributed by atoms with Crippen molar-refractivity contribution in [3.05, 3.63) is 0 Å². The molecule has 2 fully saturated rings. The van der Waals surface area contributed by atoms with E-state index in [1.54, 1.807) is 0 Å². The van der Waals surface area contributed by atoms with Crippen molar-refractivity contribution in [2.75, 3.05) is 45.8 Å². The average Bonchev–Trinajstić information content (AvgIpc) is 2.47. The first-order chi connectivity index (χ1) is 9.38. The molecule has 0 aromatic rings. The fourth-order valence-electron chi connectivity index (χ4n) is 3.22. The summed E-state index contributed by atoms with van der Waals surface area (Å²) in [5.74, 6) is 1.73. The molecule has 2 aliphatic heterocycles. The Morgan fingerprint density at radius 2 is 1.68 bits per heavy atom. The minimum absolute atomic E-state index is 0.694. The molecule has 0 aromatic carbocycles. The highest BCUT2D eigenvalue weighted by atomic mass is 15.0. The molecule has 4 nitrogen and oxygen atoms in total. The number of rotatable bonds is 7. The highest BCUT2D eigenvalue weighted by molar-refractivity contribution is 4.81. The molecule has 112 valence electrons. The first-order valence-electron chi connectivity index (χ1n) is 8.24. The van der Waals surface area contributed by atoms with Crippen molar-refractivity contribution in [2.45, 2.75) is 38.6 Å². The zero-order chi connectivity index (χ0) is 13.3. The molecule has 0 aliphatic carbocycles. The van der Waals surface area contributed by atoms with Crippen molar-refractivity contribution >= 4 is 0 Å². The lowest BCUT2D eigenvalue weighted by atomic mass is 9.94. The number of hydrogen-bond acceptors (Lipinski definition) is 4. The summed E-state index contributed by atoms with van der Waals surface area (Å²) < 4.78 is 0. The van der Waals surface area contributed by atoms with Gasteiger partial charge in [0.05, 0.1) is 0 Å². The lowest BCUT2D eigenvalue weighted by molar-refractivity contribution is 0.286. The van der Waals surface area contributed by atoms with Gasteiger partial charge in [-0.3, -0.25) is 0 Å². The van der Waals surface area contributed by atoms with Gasteiger partial charge in [0.2, 0.25) is 0 Å². The fraction of sp³-hybridized carbons (Fsp3) is 1.00. The Kier molecular flexibility index (Phi) is 7.14. The number of hydrogen-bond donors (Lipinski definition) is 4. The second kappa shape index (κ2) is 8.90. The zero-order valence-electron chi connectivity index (χ0n) is 12.5. The molecule has 0 saturated carbocycles. The molecule has 2 atom stereocenters. The lowest BCUT2D eigenvalue weighted by Crippen LogP contribution is -2.47. The Morgan fingerprint density at radius 3 is 2.37 bits per heavy atom. The third-order valence-corrected chi connectivity index (χ3v) is 4.58. The molecule has 2 saturated heterocycles. The van der Waals surface area contributed by atoms with Crippen LogP contribution in [0.25, 0.3) is 0 Å². The Morgan fingerprint density at radius 1 is 0.895 bits per heavy atom. The second-order valence-corrected chi connectivity index (χ2v) is 6.21. The van der Waals surface area contributed by atoms with E-state index in [0.717, 1.165) is 24.9 Å². The van der Waals surface area contributed by atoms with Gasteiger partial charge < -0.3 is 21.3 Å². The van der Waals surface area contributed by atoms with Crippen LogP contribution in [0.2, 0.25) is 0 Å². The van der Waals surface area contributed by atoms with Crippen LogP contribution >= 0.6 is 0 Å². The van der Waals surface area contributed by atoms with Crippen molar-refractivity contribution in [3.8, 4) is 0 Å². The molecule has 4 N–H and O–H groups in total. The summed E-state index contributed by atoms with van der Waals surface area (Å²) in [7, 11) is 0. The monoisotopic (exact) mass is 268 g/mol. The maximum Gasteiger partial charge on any atom is 0.0192 e. The summed E-state index contributed by atoms with van der Waals surface area (Å²) in [6.07, 6.45) is 5.39. The van der Waals surface area contributed by atoms with Crippen molar-refractivity contribution < 1.29 is 0 Å². The molecule has 0 amide bonds. The first-order valence-corrected chi connectivity index (χ1v) is 8.24. The van der Waals surface area contributed by atoms with Crippen molar-refractivity contribution in [1.29, 1.82) is 0 Å². The van der Waals surface area contributed by atoms with Crippen LogP contribution in [0.3, 0.4) is 0 Å². The van der Waals surface area contributed by atoms with Gasteiger partial charge in [0, 0.05) is 12.6 Å². The quantitative estimate of drug-likeness (QED) is 0.545. The molecule has 2 heterocycles. The molecule has 2 aliphatic rings. The summed E-state index contributed by atoms with van der Waals surface area (Å²) >= 11 is 0. The van der Waals surface area contributed by atoms with Crippen LogP contribution in [0.1, 0.15) is 32.6 Å². The van der Waals surface area contributed by atoms with Crippen LogP contribution in [-0.4, -0.2) is 51.9 Å². The van der Waals surface area contributed by atoms with E-state index in [0.29, 0.717) is 6.04 Å². The van der Waals surface area contributed by atoms with Crippen LogP contribution in [0.15, 0.2) is 0 Å². The van der Waals surface area contributed by atoms with Gasteiger partial charge in [-0.2, -0.15) is 0 Å². The van der Waals surface area contributed by atoms with Crippen LogP contribution in [0, 0.1) is 11.8 Å². The van der Waals surface area contributed by atoms with Gasteiger partial charge in [-0.05, 0) is 76.8 Å². The molecule has 0 spiro atoms. The van der Waals surface area contributed by atoms with Gasteiger partial charge in [-0.15, -0.1) is 0 Å². The summed E-state index contributed by atoms with van der Waals surface area (Å²) in [6, 6.07) is 0.694. The van der Waals surface area contributed by atoms with Gasteiger partial charge >= 0.3 is 0 Å². The van der Waals surface area contributed by atoms with Gasteiger partial charge in [-0.1, -0.05) is 6.92 Å². The van der Waals surface area contributed by atoms with Crippen LogP contribution < -0.4 is 21.3 Å². The summed E-state index contributed by atoms with van der Waals surface area (Å²) in [5.41, 5.74) is 0. The molecule has 2 unspecified atom stereocenters. The Balaban J connectivity index is 1.50. The van der Waals surface area contributed by atoms with Crippen molar-refractivity contribution in [2.24, 2.45) is 11.8 Å². The molecule has 4 heteroatoms. The summed E-state index contributed by atoms with van der Waals surface area (Å²) in [4.78, 5) is 0. The highest BCUT2D eigenvalue weighted by Crippen LogP contribution is 2.14. The van der Waals surface area contributed by atoms with Gasteiger partial charge in [0.1, 0.15) is 0 Å². The smallest absolute Gasteiger partial charge is 0.0192 e. The van der Waals surface area contributed by atoms with Gasteiger partial charge in [0.15, 0.2) is 0 Å². The second-order valence-electron chi connectivity index (χ2n) is 6.21. The Labute approximate surface area is 118 Å². The number of nitrogens with one attached hydrogen (secondary N) is 4. The van der Waals surface area contributed by atoms with E-state index in [1.807, 2.05) is 0 Å². The average molecular weight is 268 g/mol. The van der Waals surface area contributed by atoms with E-state index in [-0.39, 0.29) is 0 Å². The van der Waals surface area contributed by atoms with E-state index in [4.69, 9.17) is 0 Å². The summed E-state index contributed by atoms with van der Waals surface area (Å²) in [6.45, 7) is 10.4. The standard InChI is InChI=1S/C15H32N4/c1-2-16-10-14-3-4-15(19-11-14)12-18-9-13-5-7-17-8-6-13/h13-19H,2-12H2,1H3. The molecular formula is C15H32N4. The topological polar surface area (TPSA) is 48.1 Å². The fourth-order valence-corrected chi connectivity index (χ4v) is 3.22. The molecule has 0 aromatic heterocycles. The number of piperidine rings is 2. The Bertz CT molecular complexity index is 220. The van der Waals surface area contributed by atoms with Crippen molar-refractivity contribution in [1.82, 2.24) is 21.3 Å². The van der Waals surface area contributed by atoms with Crippen LogP contribution in [0.4, 0.5) is 0 Å². The molecular weight excluding hydrogens is 236 g/mol. The SMILES string of the molecule is CCNCC1CCC(CNCC2CCNCC2)NC1. The third kappa shape index (κ3) is 5.78. The van der Waals surface area contributed by atoms with Gasteiger partial charge in [-0.25, -0.2) is 0 Å². The molecule has 0 bridgehead atoms. The maximum atomic E-state index is 3.70. The maximum absolute atomic E-state index is 3.70. The van der Waals surface area contributed by atoms with Crippen LogP contribution in [0.5, 0.6) is 0 Å². The lowest BCUT2D eigenvalue weighted by Gasteiger charge is -2.31. The van der Waals surface area contributed by atoms with E-state index < -0.39 is 0 Å². The molecule has 2 rings (SSSR count). The predicted octanol–water partition coefficient (Wildman–Crippen LogP) is 0.553. The minimum atomic E-state index is 0.694. The van der Waals surface area contributed by atoms with E-state index in [1.165, 1.54) is 58.4 Å². The molecule has 19 heavy (non-hydrogen) atoms. The van der Waals surface area contributed by atoms with E-state index in [9.17, 15) is 0 Å². The van der Waals surface area contributed by atoms with Gasteiger partial charge in [0.25, 0.3) is 0 Å². The Hall–Kier alpha value is -0.160. The molecule has 0 radical (unpaired) electrons. The zero-order valence-corrected chi connectivity index (χ0v) is 12.5. The predicted molar refractivity (Wildman–Crippen MR) is 81.5 cm³/mol. The summed E-state index contributed by atoms with van der Waals surface area (Å²) in [5, 5.41) is 14.3. The third-order valence-electron chi connectivity index (χ3n) is 4.58. The van der Waals surface area contributed by atoms with Crippen molar-refractivity contribution in [3.63, 3.8) is 0 Å². The first kappa shape index (κ1) is 15.2. The minimum Gasteiger partial charge on any atom is -0.317 e. The van der Waals surface area contributed by atoms with Crippen LogP contribution in [-0.2, 0) is 0 Å². The largest absolute Gasteiger partial charge is 0.317 e. The highest BCUT2D eigenvalue weighted by Gasteiger charge is 2.20. The normalized spacial score (nSPS) is 29.5. The van der Waals surface area contributed by atoms with E-state index >= 15 is 0 Å². The van der Waals surface area contributed by atoms with E-state index in [2.05, 4.69) is 28.2 Å².